The van der Waals surface area contributed by atoms with E-state index in [9.17, 15) is 26.8 Å². The maximum Gasteiger partial charge on any atom is 0.409 e. The van der Waals surface area contributed by atoms with E-state index >= 15 is 0 Å². The smallest absolute Gasteiger partial charge is 0.409 e. The molecule has 0 aliphatic carbocycles. The first-order chi connectivity index (χ1) is 21.3. The summed E-state index contributed by atoms with van der Waals surface area (Å²) in [5.41, 5.74) is 0.640. The molecule has 4 rings (SSSR count). The molecule has 0 bridgehead atoms. The van der Waals surface area contributed by atoms with Gasteiger partial charge in [0.15, 0.2) is 0 Å². The van der Waals surface area contributed by atoms with Crippen LogP contribution in [0.25, 0.3) is 0 Å². The molecule has 1 aromatic carbocycles. The van der Waals surface area contributed by atoms with Crippen molar-refractivity contribution in [3.8, 4) is 0 Å². The summed E-state index contributed by atoms with van der Waals surface area (Å²) in [7, 11) is -1.89. The Hall–Kier alpha value is -2.35. The second kappa shape index (κ2) is 16.0. The van der Waals surface area contributed by atoms with Crippen LogP contribution in [0.3, 0.4) is 0 Å². The number of carbonyl (C=O) groups excluding carboxylic acids is 2. The number of sulfonamides is 1. The van der Waals surface area contributed by atoms with Crippen molar-refractivity contribution in [3.05, 3.63) is 35.4 Å². The van der Waals surface area contributed by atoms with Gasteiger partial charge >= 0.3 is 6.09 Å². The number of halogens is 2. The van der Waals surface area contributed by atoms with Gasteiger partial charge < -0.3 is 19.4 Å². The van der Waals surface area contributed by atoms with E-state index in [4.69, 9.17) is 4.74 Å². The van der Waals surface area contributed by atoms with Crippen molar-refractivity contribution in [3.63, 3.8) is 0 Å². The topological polar surface area (TPSA) is 93.7 Å². The van der Waals surface area contributed by atoms with Crippen LogP contribution >= 0.6 is 0 Å². The molecule has 0 saturated carbocycles. The van der Waals surface area contributed by atoms with Gasteiger partial charge in [0, 0.05) is 71.0 Å². The van der Waals surface area contributed by atoms with Gasteiger partial charge in [0.1, 0.15) is 11.6 Å². The first kappa shape index (κ1) is 35.5. The molecule has 1 aromatic rings. The number of piperidine rings is 2. The number of piperazine rings is 1. The van der Waals surface area contributed by atoms with Crippen LogP contribution in [0, 0.1) is 23.5 Å². The van der Waals surface area contributed by atoms with Crippen LogP contribution in [0.5, 0.6) is 0 Å². The zero-order valence-electron chi connectivity index (χ0n) is 27.3. The SMILES string of the molecule is COC(=O)N1CCN(CC(=O)N(CC(C)C)C2CCN(CCC(c3cc(F)cc(F)c3)C3CCN(S(C)(=O)=O)CC3)CC2)CC1. The van der Waals surface area contributed by atoms with Crippen LogP contribution in [0.1, 0.15) is 57.4 Å². The number of ether oxygens (including phenoxy) is 1. The number of rotatable bonds is 11. The fraction of sp³-hybridized carbons (Fsp3) is 0.750. The predicted octanol–water partition coefficient (Wildman–Crippen LogP) is 3.44. The van der Waals surface area contributed by atoms with Crippen LogP contribution in [-0.4, -0.2) is 136 Å². The molecule has 13 heteroatoms. The molecule has 3 saturated heterocycles. The van der Waals surface area contributed by atoms with E-state index in [1.54, 1.807) is 4.90 Å². The number of carbonyl (C=O) groups is 2. The lowest BCUT2D eigenvalue weighted by Crippen LogP contribution is -2.54. The predicted molar refractivity (Wildman–Crippen MR) is 169 cm³/mol. The summed E-state index contributed by atoms with van der Waals surface area (Å²) < 4.78 is 58.9. The standard InChI is InChI=1S/C32H51F2N5O5S/c1-24(2)22-39(31(40)23-36-15-17-37(18-16-36)32(41)44-3)29-7-10-35(11-8-29)12-9-30(26-19-27(33)21-28(34)20-26)25-5-13-38(14-6-25)45(4,42)43/h19-21,24-25,29-30H,5-18,22-23H2,1-4H3. The summed E-state index contributed by atoms with van der Waals surface area (Å²) in [5, 5.41) is 0. The van der Waals surface area contributed by atoms with E-state index < -0.39 is 21.7 Å². The Morgan fingerprint density at radius 1 is 0.911 bits per heavy atom. The third-order valence-electron chi connectivity index (χ3n) is 9.65. The summed E-state index contributed by atoms with van der Waals surface area (Å²) in [5.74, 6) is -0.662. The Balaban J connectivity index is 1.33. The third kappa shape index (κ3) is 10.1. The molecule has 254 valence electrons. The first-order valence-corrected chi connectivity index (χ1v) is 18.2. The Kier molecular flexibility index (Phi) is 12.6. The van der Waals surface area contributed by atoms with Crippen molar-refractivity contribution in [2.75, 3.05) is 85.4 Å². The van der Waals surface area contributed by atoms with E-state index in [1.807, 2.05) is 0 Å². The molecule has 10 nitrogen and oxygen atoms in total. The highest BCUT2D eigenvalue weighted by atomic mass is 32.2. The van der Waals surface area contributed by atoms with Gasteiger partial charge in [-0.3, -0.25) is 9.69 Å². The van der Waals surface area contributed by atoms with E-state index in [1.165, 1.54) is 29.8 Å². The molecular formula is C32H51F2N5O5S. The van der Waals surface area contributed by atoms with Crippen molar-refractivity contribution in [1.29, 1.82) is 0 Å². The quantitative estimate of drug-likeness (QED) is 0.361. The number of benzene rings is 1. The molecule has 1 unspecified atom stereocenters. The number of likely N-dealkylation sites (tertiary alicyclic amines) is 1. The normalized spacial score (nSPS) is 20.8. The summed E-state index contributed by atoms with van der Waals surface area (Å²) in [6.07, 6.45) is 4.65. The number of hydrogen-bond acceptors (Lipinski definition) is 7. The maximum atomic E-state index is 14.3. The molecule has 3 heterocycles. The molecule has 2 amide bonds. The zero-order chi connectivity index (χ0) is 32.7. The Labute approximate surface area is 267 Å². The minimum absolute atomic E-state index is 0.0756. The highest BCUT2D eigenvalue weighted by Crippen LogP contribution is 2.37. The fourth-order valence-corrected chi connectivity index (χ4v) is 8.07. The minimum atomic E-state index is -3.27. The van der Waals surface area contributed by atoms with Gasteiger partial charge in [0.05, 0.1) is 19.9 Å². The summed E-state index contributed by atoms with van der Waals surface area (Å²) in [6, 6.07) is 3.90. The first-order valence-electron chi connectivity index (χ1n) is 16.3. The molecule has 1 atom stereocenters. The Bertz CT molecular complexity index is 1220. The van der Waals surface area contributed by atoms with Crippen molar-refractivity contribution in [2.24, 2.45) is 11.8 Å². The molecule has 3 aliphatic rings. The number of hydrogen-bond donors (Lipinski definition) is 0. The Morgan fingerprint density at radius 2 is 1.51 bits per heavy atom. The van der Waals surface area contributed by atoms with Gasteiger partial charge in [-0.15, -0.1) is 0 Å². The van der Waals surface area contributed by atoms with Crippen LogP contribution in [0.15, 0.2) is 18.2 Å². The van der Waals surface area contributed by atoms with Crippen molar-refractivity contribution < 1.29 is 31.5 Å². The van der Waals surface area contributed by atoms with E-state index in [0.29, 0.717) is 76.7 Å². The number of nitrogens with zero attached hydrogens (tertiary/aromatic N) is 5. The van der Waals surface area contributed by atoms with Crippen molar-refractivity contribution >= 4 is 22.0 Å². The van der Waals surface area contributed by atoms with Gasteiger partial charge in [0.25, 0.3) is 0 Å². The van der Waals surface area contributed by atoms with Crippen molar-refractivity contribution in [2.45, 2.75) is 57.9 Å². The zero-order valence-corrected chi connectivity index (χ0v) is 28.1. The highest BCUT2D eigenvalue weighted by molar-refractivity contribution is 7.88. The maximum absolute atomic E-state index is 14.3. The molecule has 0 N–H and O–H groups in total. The summed E-state index contributed by atoms with van der Waals surface area (Å²) in [4.78, 5) is 33.6. The summed E-state index contributed by atoms with van der Waals surface area (Å²) >= 11 is 0. The molecule has 0 spiro atoms. The average molecular weight is 656 g/mol. The van der Waals surface area contributed by atoms with E-state index in [0.717, 1.165) is 45.0 Å². The van der Waals surface area contributed by atoms with Crippen LogP contribution in [-0.2, 0) is 19.6 Å². The van der Waals surface area contributed by atoms with Crippen LogP contribution in [0.2, 0.25) is 0 Å². The van der Waals surface area contributed by atoms with Crippen LogP contribution < -0.4 is 0 Å². The van der Waals surface area contributed by atoms with E-state index in [-0.39, 0.29) is 29.9 Å². The lowest BCUT2D eigenvalue weighted by Gasteiger charge is -2.41. The molecule has 0 aromatic heterocycles. The van der Waals surface area contributed by atoms with Crippen molar-refractivity contribution in [1.82, 2.24) is 23.9 Å². The summed E-state index contributed by atoms with van der Waals surface area (Å²) in [6.45, 7) is 10.9. The largest absolute Gasteiger partial charge is 0.453 e. The number of methoxy groups -OCH3 is 1. The molecule has 3 fully saturated rings. The van der Waals surface area contributed by atoms with E-state index in [2.05, 4.69) is 28.5 Å². The van der Waals surface area contributed by atoms with Gasteiger partial charge in [-0.25, -0.2) is 26.3 Å². The van der Waals surface area contributed by atoms with Gasteiger partial charge in [-0.2, -0.15) is 0 Å². The monoisotopic (exact) mass is 655 g/mol. The lowest BCUT2D eigenvalue weighted by molar-refractivity contribution is -0.136. The molecule has 0 radical (unpaired) electrons. The van der Waals surface area contributed by atoms with Gasteiger partial charge in [0.2, 0.25) is 15.9 Å². The lowest BCUT2D eigenvalue weighted by atomic mass is 9.78. The van der Waals surface area contributed by atoms with Gasteiger partial charge in [-0.05, 0) is 74.1 Å². The van der Waals surface area contributed by atoms with Crippen LogP contribution in [0.4, 0.5) is 13.6 Å². The number of amides is 2. The second-order valence-electron chi connectivity index (χ2n) is 13.3. The minimum Gasteiger partial charge on any atom is -0.453 e. The molecule has 45 heavy (non-hydrogen) atoms. The molecular weight excluding hydrogens is 604 g/mol. The second-order valence-corrected chi connectivity index (χ2v) is 15.3. The average Bonchev–Trinajstić information content (AvgIpc) is 2.99. The molecule has 3 aliphatic heterocycles. The Morgan fingerprint density at radius 3 is 2.04 bits per heavy atom. The third-order valence-corrected chi connectivity index (χ3v) is 11.0. The fourth-order valence-electron chi connectivity index (χ4n) is 7.20. The van der Waals surface area contributed by atoms with Gasteiger partial charge in [-0.1, -0.05) is 13.8 Å². The highest BCUT2D eigenvalue weighted by Gasteiger charge is 2.34.